The normalized spacial score (nSPS) is 10.5. The van der Waals surface area contributed by atoms with Crippen molar-refractivity contribution in [2.45, 2.75) is 0 Å². The van der Waals surface area contributed by atoms with E-state index in [0.29, 0.717) is 21.8 Å². The highest BCUT2D eigenvalue weighted by atomic mass is 35.5. The number of hydrogen-bond acceptors (Lipinski definition) is 2. The van der Waals surface area contributed by atoms with Crippen LogP contribution in [0.1, 0.15) is 5.56 Å². The summed E-state index contributed by atoms with van der Waals surface area (Å²) in [6.45, 7) is 0. The Kier molecular flexibility index (Phi) is 4.73. The van der Waals surface area contributed by atoms with Crippen molar-refractivity contribution in [2.24, 2.45) is 0 Å². The summed E-state index contributed by atoms with van der Waals surface area (Å²) >= 11 is 18.2. The number of aromatic nitrogens is 1. The van der Waals surface area contributed by atoms with Gasteiger partial charge in [0, 0.05) is 16.1 Å². The van der Waals surface area contributed by atoms with Crippen molar-refractivity contribution in [1.29, 1.82) is 5.26 Å². The summed E-state index contributed by atoms with van der Waals surface area (Å²) in [4.78, 5) is 4.31. The van der Waals surface area contributed by atoms with Gasteiger partial charge in [-0.25, -0.2) is 9.37 Å². The van der Waals surface area contributed by atoms with Crippen LogP contribution in [0.3, 0.4) is 0 Å². The highest BCUT2D eigenvalue weighted by Gasteiger charge is 2.16. The molecule has 2 nitrogen and oxygen atoms in total. The largest absolute Gasteiger partial charge is 0.234 e. The van der Waals surface area contributed by atoms with Crippen LogP contribution in [-0.4, -0.2) is 4.98 Å². The zero-order chi connectivity index (χ0) is 17.3. The van der Waals surface area contributed by atoms with Gasteiger partial charge in [-0.15, -0.1) is 0 Å². The van der Waals surface area contributed by atoms with Crippen LogP contribution in [0.15, 0.2) is 48.5 Å². The van der Waals surface area contributed by atoms with Crippen molar-refractivity contribution in [3.05, 3.63) is 75.1 Å². The molecule has 0 radical (unpaired) electrons. The summed E-state index contributed by atoms with van der Waals surface area (Å²) in [5, 5.41) is 10.1. The topological polar surface area (TPSA) is 36.7 Å². The SMILES string of the molecule is N#Cc1cc(-c2ccc(Cl)cc2)c(-c2ccc(F)cc2Cl)nc1Cl. The Labute approximate surface area is 153 Å². The Morgan fingerprint density at radius 3 is 2.25 bits per heavy atom. The van der Waals surface area contributed by atoms with Gasteiger partial charge >= 0.3 is 0 Å². The lowest BCUT2D eigenvalue weighted by atomic mass is 9.98. The molecule has 0 fully saturated rings. The van der Waals surface area contributed by atoms with E-state index < -0.39 is 5.82 Å². The Morgan fingerprint density at radius 2 is 1.62 bits per heavy atom. The average Bonchev–Trinajstić information content (AvgIpc) is 2.56. The minimum atomic E-state index is -0.448. The minimum Gasteiger partial charge on any atom is -0.234 e. The van der Waals surface area contributed by atoms with Crippen molar-refractivity contribution >= 4 is 34.8 Å². The Bertz CT molecular complexity index is 963. The lowest BCUT2D eigenvalue weighted by molar-refractivity contribution is 0.628. The number of benzene rings is 2. The van der Waals surface area contributed by atoms with Crippen molar-refractivity contribution in [1.82, 2.24) is 4.98 Å². The predicted octanol–water partition coefficient (Wildman–Crippen LogP) is 6.39. The third-order valence-electron chi connectivity index (χ3n) is 3.44. The first kappa shape index (κ1) is 16.7. The highest BCUT2D eigenvalue weighted by molar-refractivity contribution is 6.34. The lowest BCUT2D eigenvalue weighted by Gasteiger charge is -2.12. The van der Waals surface area contributed by atoms with Crippen LogP contribution >= 0.6 is 34.8 Å². The fourth-order valence-corrected chi connectivity index (χ4v) is 2.87. The van der Waals surface area contributed by atoms with Gasteiger partial charge in [0.2, 0.25) is 0 Å². The number of rotatable bonds is 2. The van der Waals surface area contributed by atoms with Gasteiger partial charge in [-0.3, -0.25) is 0 Å². The van der Waals surface area contributed by atoms with Crippen LogP contribution in [0.4, 0.5) is 4.39 Å². The Balaban J connectivity index is 2.30. The first-order chi connectivity index (χ1) is 11.5. The summed E-state index contributed by atoms with van der Waals surface area (Å²) < 4.78 is 13.3. The van der Waals surface area contributed by atoms with Crippen LogP contribution < -0.4 is 0 Å². The minimum absolute atomic E-state index is 0.0607. The molecule has 2 aromatic carbocycles. The van der Waals surface area contributed by atoms with Crippen molar-refractivity contribution in [3.8, 4) is 28.5 Å². The van der Waals surface area contributed by atoms with E-state index in [4.69, 9.17) is 34.8 Å². The van der Waals surface area contributed by atoms with Gasteiger partial charge in [0.05, 0.1) is 16.3 Å². The number of nitrogens with zero attached hydrogens (tertiary/aromatic N) is 2. The summed E-state index contributed by atoms with van der Waals surface area (Å²) in [7, 11) is 0. The van der Waals surface area contributed by atoms with E-state index in [-0.39, 0.29) is 15.7 Å². The van der Waals surface area contributed by atoms with Gasteiger partial charge in [0.1, 0.15) is 17.0 Å². The molecule has 118 valence electrons. The monoisotopic (exact) mass is 376 g/mol. The second kappa shape index (κ2) is 6.78. The summed E-state index contributed by atoms with van der Waals surface area (Å²) in [6, 6.07) is 14.7. The number of nitriles is 1. The first-order valence-corrected chi connectivity index (χ1v) is 7.95. The Morgan fingerprint density at radius 1 is 0.917 bits per heavy atom. The predicted molar refractivity (Wildman–Crippen MR) is 94.8 cm³/mol. The van der Waals surface area contributed by atoms with Crippen LogP contribution in [0.25, 0.3) is 22.4 Å². The smallest absolute Gasteiger partial charge is 0.147 e. The molecule has 24 heavy (non-hydrogen) atoms. The molecule has 3 aromatic rings. The molecule has 0 spiro atoms. The summed E-state index contributed by atoms with van der Waals surface area (Å²) in [6.07, 6.45) is 0. The second-order valence-electron chi connectivity index (χ2n) is 4.97. The number of pyridine rings is 1. The first-order valence-electron chi connectivity index (χ1n) is 6.81. The number of halogens is 4. The van der Waals surface area contributed by atoms with E-state index >= 15 is 0 Å². The third kappa shape index (κ3) is 3.22. The zero-order valence-electron chi connectivity index (χ0n) is 12.0. The van der Waals surface area contributed by atoms with E-state index in [2.05, 4.69) is 4.98 Å². The van der Waals surface area contributed by atoms with Crippen LogP contribution in [0, 0.1) is 17.1 Å². The molecule has 0 amide bonds. The lowest BCUT2D eigenvalue weighted by Crippen LogP contribution is -1.94. The quantitative estimate of drug-likeness (QED) is 0.485. The van der Waals surface area contributed by atoms with E-state index in [9.17, 15) is 9.65 Å². The van der Waals surface area contributed by atoms with E-state index in [1.165, 1.54) is 18.2 Å². The molecule has 0 aliphatic carbocycles. The van der Waals surface area contributed by atoms with Gasteiger partial charge in [0.25, 0.3) is 0 Å². The molecular weight excluding hydrogens is 370 g/mol. The van der Waals surface area contributed by atoms with Crippen LogP contribution in [0.2, 0.25) is 15.2 Å². The maximum absolute atomic E-state index is 13.3. The molecule has 0 N–H and O–H groups in total. The summed E-state index contributed by atoms with van der Waals surface area (Å²) in [5.74, 6) is -0.448. The van der Waals surface area contributed by atoms with Crippen LogP contribution in [0.5, 0.6) is 0 Å². The molecule has 0 bridgehead atoms. The molecular formula is C18H8Cl3FN2. The van der Waals surface area contributed by atoms with Crippen molar-refractivity contribution in [2.75, 3.05) is 0 Å². The molecule has 1 heterocycles. The fourth-order valence-electron chi connectivity index (χ4n) is 2.31. The van der Waals surface area contributed by atoms with Crippen molar-refractivity contribution < 1.29 is 4.39 Å². The van der Waals surface area contributed by atoms with Gasteiger partial charge in [-0.2, -0.15) is 5.26 Å². The molecule has 0 aliphatic heterocycles. The molecule has 3 rings (SSSR count). The van der Waals surface area contributed by atoms with Gasteiger partial charge in [-0.05, 0) is 42.0 Å². The van der Waals surface area contributed by atoms with Crippen molar-refractivity contribution in [3.63, 3.8) is 0 Å². The molecule has 1 aromatic heterocycles. The molecule has 0 saturated carbocycles. The molecule has 0 aliphatic rings. The van der Waals surface area contributed by atoms with E-state index in [1.54, 1.807) is 30.3 Å². The average molecular weight is 378 g/mol. The molecule has 0 unspecified atom stereocenters. The number of hydrogen-bond donors (Lipinski definition) is 0. The van der Waals surface area contributed by atoms with E-state index in [1.807, 2.05) is 6.07 Å². The van der Waals surface area contributed by atoms with E-state index in [0.717, 1.165) is 5.56 Å². The molecule has 0 saturated heterocycles. The maximum atomic E-state index is 13.3. The molecule has 0 atom stereocenters. The fraction of sp³-hybridized carbons (Fsp3) is 0. The Hall–Kier alpha value is -2.12. The maximum Gasteiger partial charge on any atom is 0.147 e. The third-order valence-corrected chi connectivity index (χ3v) is 4.29. The highest BCUT2D eigenvalue weighted by Crippen LogP contribution is 2.37. The van der Waals surface area contributed by atoms with Crippen LogP contribution in [-0.2, 0) is 0 Å². The van der Waals surface area contributed by atoms with Gasteiger partial charge < -0.3 is 0 Å². The second-order valence-corrected chi connectivity index (χ2v) is 6.17. The zero-order valence-corrected chi connectivity index (χ0v) is 14.3. The van der Waals surface area contributed by atoms with Gasteiger partial charge in [0.15, 0.2) is 0 Å². The summed E-state index contributed by atoms with van der Waals surface area (Å²) in [5.41, 5.74) is 2.67. The van der Waals surface area contributed by atoms with Gasteiger partial charge in [-0.1, -0.05) is 46.9 Å². The standard InChI is InChI=1S/C18H8Cl3FN2/c19-12-3-1-10(2-4-12)15-7-11(9-23)18(21)24-17(15)14-6-5-13(22)8-16(14)20/h1-8H. The molecule has 6 heteroatoms.